The van der Waals surface area contributed by atoms with Crippen molar-refractivity contribution < 1.29 is 17.6 Å². The maximum Gasteiger partial charge on any atom is 0.416 e. The Balaban J connectivity index is 2.43. The molecule has 1 unspecified atom stereocenters. The van der Waals surface area contributed by atoms with Crippen molar-refractivity contribution in [3.63, 3.8) is 0 Å². The molecular formula is C15H15F4NS. The van der Waals surface area contributed by atoms with Crippen molar-refractivity contribution in [3.8, 4) is 10.4 Å². The minimum absolute atomic E-state index is 0.0444. The normalized spacial score (nSPS) is 13.7. The van der Waals surface area contributed by atoms with Crippen LogP contribution in [0.3, 0.4) is 0 Å². The summed E-state index contributed by atoms with van der Waals surface area (Å²) in [7, 11) is 0. The summed E-state index contributed by atoms with van der Waals surface area (Å²) in [5, 5.41) is 0. The van der Waals surface area contributed by atoms with Crippen LogP contribution in [0.2, 0.25) is 0 Å². The first-order chi connectivity index (χ1) is 9.70. The van der Waals surface area contributed by atoms with E-state index < -0.39 is 17.6 Å². The lowest BCUT2D eigenvalue weighted by Crippen LogP contribution is -2.14. The molecule has 0 aliphatic heterocycles. The van der Waals surface area contributed by atoms with E-state index in [9.17, 15) is 17.6 Å². The number of thiophene rings is 1. The average Bonchev–Trinajstić information content (AvgIpc) is 2.86. The number of halogens is 4. The Morgan fingerprint density at radius 1 is 1.10 bits per heavy atom. The van der Waals surface area contributed by atoms with Gasteiger partial charge in [0.05, 0.1) is 5.56 Å². The third-order valence-electron chi connectivity index (χ3n) is 3.23. The summed E-state index contributed by atoms with van der Waals surface area (Å²) in [5.41, 5.74) is 5.10. The quantitative estimate of drug-likeness (QED) is 0.771. The zero-order chi connectivity index (χ0) is 15.8. The van der Waals surface area contributed by atoms with Gasteiger partial charge in [0.15, 0.2) is 0 Å². The molecule has 1 atom stereocenters. The average molecular weight is 317 g/mol. The molecular weight excluding hydrogens is 302 g/mol. The second kappa shape index (κ2) is 5.77. The Morgan fingerprint density at radius 3 is 2.33 bits per heavy atom. The number of hydrogen-bond acceptors (Lipinski definition) is 2. The first-order valence-corrected chi connectivity index (χ1v) is 7.24. The van der Waals surface area contributed by atoms with E-state index in [0.29, 0.717) is 4.88 Å². The Kier molecular flexibility index (Phi) is 4.39. The first-order valence-electron chi connectivity index (χ1n) is 6.42. The molecule has 2 aromatic rings. The Morgan fingerprint density at radius 2 is 1.76 bits per heavy atom. The van der Waals surface area contributed by atoms with Crippen molar-refractivity contribution >= 4 is 11.3 Å². The van der Waals surface area contributed by atoms with Crippen molar-refractivity contribution in [2.24, 2.45) is 11.7 Å². The summed E-state index contributed by atoms with van der Waals surface area (Å²) >= 11 is 1.22. The monoisotopic (exact) mass is 317 g/mol. The van der Waals surface area contributed by atoms with Gasteiger partial charge in [-0.05, 0) is 36.2 Å². The molecule has 114 valence electrons. The van der Waals surface area contributed by atoms with Gasteiger partial charge < -0.3 is 5.73 Å². The van der Waals surface area contributed by atoms with Gasteiger partial charge in [0.2, 0.25) is 0 Å². The highest BCUT2D eigenvalue weighted by molar-refractivity contribution is 7.15. The molecule has 2 rings (SSSR count). The van der Waals surface area contributed by atoms with Crippen molar-refractivity contribution in [1.82, 2.24) is 0 Å². The van der Waals surface area contributed by atoms with Crippen LogP contribution in [0.1, 0.15) is 30.3 Å². The molecule has 1 heterocycles. The minimum Gasteiger partial charge on any atom is -0.323 e. The van der Waals surface area contributed by atoms with Gasteiger partial charge in [-0.1, -0.05) is 13.8 Å². The molecule has 6 heteroatoms. The van der Waals surface area contributed by atoms with Crippen LogP contribution in [0.15, 0.2) is 30.3 Å². The lowest BCUT2D eigenvalue weighted by atomic mass is 10.0. The molecule has 1 nitrogen and oxygen atoms in total. The molecule has 21 heavy (non-hydrogen) atoms. The molecule has 0 radical (unpaired) electrons. The summed E-state index contributed by atoms with van der Waals surface area (Å²) in [5.74, 6) is -0.475. The van der Waals surface area contributed by atoms with E-state index in [-0.39, 0.29) is 17.5 Å². The Bertz CT molecular complexity index is 631. The molecule has 0 aliphatic rings. The maximum absolute atomic E-state index is 13.8. The van der Waals surface area contributed by atoms with Gasteiger partial charge in [-0.15, -0.1) is 11.3 Å². The van der Waals surface area contributed by atoms with Crippen LogP contribution in [0.25, 0.3) is 10.4 Å². The fourth-order valence-corrected chi connectivity index (χ4v) is 3.10. The molecule has 0 fully saturated rings. The summed E-state index contributed by atoms with van der Waals surface area (Å²) in [4.78, 5) is 1.28. The van der Waals surface area contributed by atoms with Gasteiger partial charge in [-0.3, -0.25) is 0 Å². The second-order valence-corrected chi connectivity index (χ2v) is 6.28. The van der Waals surface area contributed by atoms with E-state index in [0.717, 1.165) is 23.1 Å². The fourth-order valence-electron chi connectivity index (χ4n) is 1.90. The van der Waals surface area contributed by atoms with Crippen LogP contribution < -0.4 is 5.73 Å². The van der Waals surface area contributed by atoms with E-state index in [1.165, 1.54) is 11.3 Å². The van der Waals surface area contributed by atoms with Gasteiger partial charge in [0, 0.05) is 21.4 Å². The van der Waals surface area contributed by atoms with Gasteiger partial charge in [0.1, 0.15) is 5.82 Å². The molecule has 0 saturated carbocycles. The zero-order valence-corrected chi connectivity index (χ0v) is 12.4. The highest BCUT2D eigenvalue weighted by Gasteiger charge is 2.31. The number of alkyl halides is 3. The number of rotatable bonds is 3. The third kappa shape index (κ3) is 3.44. The summed E-state index contributed by atoms with van der Waals surface area (Å²) < 4.78 is 52.0. The highest BCUT2D eigenvalue weighted by atomic mass is 32.1. The second-order valence-electron chi connectivity index (χ2n) is 5.16. The van der Waals surface area contributed by atoms with E-state index in [2.05, 4.69) is 0 Å². The van der Waals surface area contributed by atoms with Gasteiger partial charge in [0.25, 0.3) is 0 Å². The summed E-state index contributed by atoms with van der Waals surface area (Å²) in [6.45, 7) is 3.91. The zero-order valence-electron chi connectivity index (χ0n) is 11.5. The van der Waals surface area contributed by atoms with Crippen LogP contribution in [0.5, 0.6) is 0 Å². The molecule has 2 N–H and O–H groups in total. The molecule has 0 spiro atoms. The Hall–Kier alpha value is -1.40. The molecule has 0 amide bonds. The number of benzene rings is 1. The van der Waals surface area contributed by atoms with Crippen molar-refractivity contribution in [3.05, 3.63) is 46.6 Å². The van der Waals surface area contributed by atoms with Gasteiger partial charge >= 0.3 is 6.18 Å². The van der Waals surface area contributed by atoms with Crippen LogP contribution in [-0.4, -0.2) is 0 Å². The highest BCUT2D eigenvalue weighted by Crippen LogP contribution is 2.37. The van der Waals surface area contributed by atoms with E-state index in [1.807, 2.05) is 13.8 Å². The van der Waals surface area contributed by atoms with Crippen LogP contribution >= 0.6 is 11.3 Å². The van der Waals surface area contributed by atoms with E-state index in [1.54, 1.807) is 12.1 Å². The summed E-state index contributed by atoms with van der Waals surface area (Å²) in [6.07, 6.45) is -4.49. The van der Waals surface area contributed by atoms with Crippen LogP contribution in [-0.2, 0) is 6.18 Å². The van der Waals surface area contributed by atoms with E-state index >= 15 is 0 Å². The predicted molar refractivity (Wildman–Crippen MR) is 76.5 cm³/mol. The van der Waals surface area contributed by atoms with Gasteiger partial charge in [-0.25, -0.2) is 4.39 Å². The van der Waals surface area contributed by atoms with Crippen molar-refractivity contribution in [1.29, 1.82) is 0 Å². The van der Waals surface area contributed by atoms with Crippen molar-refractivity contribution in [2.45, 2.75) is 26.1 Å². The molecule has 1 aromatic carbocycles. The number of nitrogens with two attached hydrogens (primary N) is 1. The van der Waals surface area contributed by atoms with Crippen LogP contribution in [0, 0.1) is 11.7 Å². The topological polar surface area (TPSA) is 26.0 Å². The fraction of sp³-hybridized carbons (Fsp3) is 0.333. The predicted octanol–water partition coefficient (Wildman–Crippen LogP) is 5.23. The molecule has 0 saturated heterocycles. The molecule has 0 aliphatic carbocycles. The maximum atomic E-state index is 13.8. The lowest BCUT2D eigenvalue weighted by molar-refractivity contribution is -0.137. The number of hydrogen-bond donors (Lipinski definition) is 1. The van der Waals surface area contributed by atoms with Crippen molar-refractivity contribution in [2.75, 3.05) is 0 Å². The smallest absolute Gasteiger partial charge is 0.323 e. The molecule has 1 aromatic heterocycles. The summed E-state index contributed by atoms with van der Waals surface area (Å²) in [6, 6.07) is 5.57. The minimum atomic E-state index is -4.49. The Labute approximate surface area is 124 Å². The largest absolute Gasteiger partial charge is 0.416 e. The first kappa shape index (κ1) is 16.0. The lowest BCUT2D eigenvalue weighted by Gasteiger charge is -2.13. The molecule has 0 bridgehead atoms. The third-order valence-corrected chi connectivity index (χ3v) is 4.45. The van der Waals surface area contributed by atoms with Gasteiger partial charge in [-0.2, -0.15) is 13.2 Å². The standard InChI is InChI=1S/C15H15F4NS/c1-8(2)14(20)13-6-5-12(21-13)10-7-9(15(17,18)19)3-4-11(10)16/h3-8,14H,20H2,1-2H3. The SMILES string of the molecule is CC(C)C(N)c1ccc(-c2cc(C(F)(F)F)ccc2F)s1. The van der Waals surface area contributed by atoms with E-state index in [4.69, 9.17) is 5.73 Å². The van der Waals surface area contributed by atoms with Crippen LogP contribution in [0.4, 0.5) is 17.6 Å².